The number of hydrogen-bond acceptors (Lipinski definition) is 13. The summed E-state index contributed by atoms with van der Waals surface area (Å²) in [7, 11) is 1.59. The van der Waals surface area contributed by atoms with Crippen molar-refractivity contribution in [1.29, 1.82) is 0 Å². The maximum absolute atomic E-state index is 11.5. The van der Waals surface area contributed by atoms with Crippen LogP contribution in [0, 0.1) is 0 Å². The fourth-order valence-electron chi connectivity index (χ4n) is 5.95. The smallest absolute Gasteiger partial charge is 0.341 e. The maximum Gasteiger partial charge on any atom is 0.341 e. The number of oxazole rings is 1. The summed E-state index contributed by atoms with van der Waals surface area (Å²) in [5, 5.41) is 42.1. The molecule has 0 aliphatic heterocycles. The molecule has 0 aliphatic carbocycles. The van der Waals surface area contributed by atoms with Gasteiger partial charge in [-0.15, -0.1) is 15.3 Å². The number of nitrogens with one attached hydrogen (secondary N) is 1. The van der Waals surface area contributed by atoms with E-state index in [1.165, 1.54) is 6.33 Å². The van der Waals surface area contributed by atoms with Gasteiger partial charge < -0.3 is 29.2 Å². The molecule has 0 unspecified atom stereocenters. The number of aromatic nitrogens is 4. The first-order valence-electron chi connectivity index (χ1n) is 17.5. The number of carboxylic acids is 1. The van der Waals surface area contributed by atoms with Gasteiger partial charge in [-0.1, -0.05) is 41.5 Å². The van der Waals surface area contributed by atoms with E-state index in [1.807, 2.05) is 68.4 Å². The molecular formula is C39H44N10NiO5. The van der Waals surface area contributed by atoms with Crippen LogP contribution in [0.3, 0.4) is 0 Å². The number of aromatic hydroxyl groups is 1. The molecule has 0 saturated carbocycles. The molecule has 0 aliphatic rings. The van der Waals surface area contributed by atoms with Crippen molar-refractivity contribution in [1.82, 2.24) is 20.2 Å². The summed E-state index contributed by atoms with van der Waals surface area (Å²) in [5.41, 5.74) is 5.71. The third-order valence-corrected chi connectivity index (χ3v) is 8.38. The molecule has 0 fully saturated rings. The normalized spacial score (nSPS) is 11.2. The van der Waals surface area contributed by atoms with Gasteiger partial charge >= 0.3 is 12.0 Å². The Morgan fingerprint density at radius 2 is 1.58 bits per heavy atom. The number of benzene rings is 4. The number of azo groups is 2. The third-order valence-electron chi connectivity index (χ3n) is 8.38. The van der Waals surface area contributed by atoms with Crippen molar-refractivity contribution in [2.45, 2.75) is 53.6 Å². The second kappa shape index (κ2) is 19.3. The number of fused-ring (bicyclic) bond motifs is 1. The summed E-state index contributed by atoms with van der Waals surface area (Å²) >= 11 is 0. The van der Waals surface area contributed by atoms with Crippen LogP contribution in [0.15, 0.2) is 110 Å². The molecule has 2 heterocycles. The van der Waals surface area contributed by atoms with Crippen molar-refractivity contribution >= 4 is 51.8 Å². The molecule has 6 aromatic rings. The number of aromatic carboxylic acids is 1. The summed E-state index contributed by atoms with van der Waals surface area (Å²) in [6.45, 7) is 13.9. The van der Waals surface area contributed by atoms with Crippen LogP contribution in [-0.4, -0.2) is 68.6 Å². The Morgan fingerprint density at radius 1 is 0.873 bits per heavy atom. The zero-order valence-electron chi connectivity index (χ0n) is 31.6. The number of H-pyrrole nitrogens is 1. The summed E-state index contributed by atoms with van der Waals surface area (Å²) < 4.78 is 11.2. The first-order chi connectivity index (χ1) is 26.0. The molecule has 6 rings (SSSR count). The molecule has 15 nitrogen and oxygen atoms in total. The van der Waals surface area contributed by atoms with E-state index >= 15 is 0 Å². The Labute approximate surface area is 329 Å². The first kappa shape index (κ1) is 41.6. The van der Waals surface area contributed by atoms with E-state index in [0.717, 1.165) is 35.6 Å². The number of carboxylic acid groups (broad SMARTS) is 1. The fourth-order valence-corrected chi connectivity index (χ4v) is 5.95. The molecule has 0 spiro atoms. The van der Waals surface area contributed by atoms with E-state index in [1.54, 1.807) is 31.4 Å². The second-order valence-corrected chi connectivity index (χ2v) is 12.5. The van der Waals surface area contributed by atoms with Gasteiger partial charge in [-0.3, -0.25) is 0 Å². The van der Waals surface area contributed by atoms with E-state index < -0.39 is 5.97 Å². The van der Waals surface area contributed by atoms with Crippen LogP contribution in [0.2, 0.25) is 0 Å². The number of rotatable bonds is 13. The molecule has 0 amide bonds. The molecule has 3 N–H and O–H groups in total. The minimum atomic E-state index is -1.05. The molecule has 16 heteroatoms. The average Bonchev–Trinajstić information content (AvgIpc) is 3.84. The van der Waals surface area contributed by atoms with Gasteiger partial charge in [0.2, 0.25) is 0 Å². The van der Waals surface area contributed by atoms with E-state index in [-0.39, 0.29) is 63.2 Å². The molecule has 290 valence electrons. The van der Waals surface area contributed by atoms with Crippen LogP contribution in [0.25, 0.3) is 22.2 Å². The number of phenols is 1. The van der Waals surface area contributed by atoms with Crippen LogP contribution >= 0.6 is 0 Å². The minimum Gasteiger partial charge on any atom is -0.506 e. The number of hydrogen-bond donors (Lipinski definition) is 3. The van der Waals surface area contributed by atoms with Crippen LogP contribution in [0.5, 0.6) is 11.5 Å². The van der Waals surface area contributed by atoms with Crippen molar-refractivity contribution < 1.29 is 40.7 Å². The van der Waals surface area contributed by atoms with Crippen molar-refractivity contribution in [2.24, 2.45) is 20.5 Å². The molecule has 0 radical (unpaired) electrons. The summed E-state index contributed by atoms with van der Waals surface area (Å²) in [4.78, 5) is 23.9. The predicted octanol–water partition coefficient (Wildman–Crippen LogP) is 10.0. The fraction of sp³-hybridized carbons (Fsp3) is 0.282. The van der Waals surface area contributed by atoms with Crippen LogP contribution < -0.4 is 14.5 Å². The van der Waals surface area contributed by atoms with E-state index in [0.29, 0.717) is 16.8 Å². The van der Waals surface area contributed by atoms with Gasteiger partial charge in [0.25, 0.3) is 5.95 Å². The number of ether oxygens (including phenoxy) is 1. The summed E-state index contributed by atoms with van der Waals surface area (Å²) in [6.07, 6.45) is 1.30. The first-order valence-corrected chi connectivity index (χ1v) is 17.5. The molecule has 0 atom stereocenters. The SMILES string of the molecule is CC(C)N(c1ccc(N=Nc2ncn[nH]2)c(C(=O)O)c1)C(C)C.CCN(CC)c1cc(O)c(N=Nc2nc3ccc(-c4ccccc4)cc3o2)cc1OC.[Ni]. The number of phenolic OH excluding ortho intramolecular Hbond substituents is 1. The Hall–Kier alpha value is -6.15. The number of aromatic amines is 1. The quantitative estimate of drug-likeness (QED) is 0.0749. The van der Waals surface area contributed by atoms with E-state index in [9.17, 15) is 15.0 Å². The Balaban J connectivity index is 0.000000251. The van der Waals surface area contributed by atoms with Crippen molar-refractivity contribution in [3.63, 3.8) is 0 Å². The number of nitrogens with zero attached hydrogens (tertiary/aromatic N) is 9. The van der Waals surface area contributed by atoms with Crippen molar-refractivity contribution in [2.75, 3.05) is 30.0 Å². The average molecular weight is 792 g/mol. The van der Waals surface area contributed by atoms with Gasteiger partial charge in [-0.25, -0.2) is 9.89 Å². The largest absolute Gasteiger partial charge is 0.506 e. The third kappa shape index (κ3) is 10.3. The van der Waals surface area contributed by atoms with Gasteiger partial charge in [0, 0.05) is 59.5 Å². The van der Waals surface area contributed by atoms with E-state index in [2.05, 4.69) is 78.1 Å². The summed E-state index contributed by atoms with van der Waals surface area (Å²) in [5.74, 6) is -0.211. The molecular weight excluding hydrogens is 747 g/mol. The standard InChI is InChI=1S/C24H24N4O3.C15H20N6O2.Ni/c1-4-28(5-2)20-15-21(29)19(14-23(20)30-3)26-27-24-25-18-12-11-17(13-22(18)31-24)16-9-7-6-8-10-16;1-9(2)21(10(3)4)11-5-6-13(12(7-11)14(22)23)18-20-15-16-8-17-19-15;/h6-15,29H,4-5H2,1-3H3;5-10H,1-4H3,(H,22,23)(H,16,17,19);. The van der Waals surface area contributed by atoms with Gasteiger partial charge in [0.05, 0.1) is 18.4 Å². The Morgan fingerprint density at radius 3 is 2.20 bits per heavy atom. The zero-order chi connectivity index (χ0) is 38.8. The molecule has 2 aromatic heterocycles. The molecule has 4 aromatic carbocycles. The number of carbonyl (C=O) groups is 1. The van der Waals surface area contributed by atoms with Crippen molar-refractivity contribution in [3.8, 4) is 22.6 Å². The molecule has 0 saturated heterocycles. The molecule has 55 heavy (non-hydrogen) atoms. The van der Waals surface area contributed by atoms with Crippen molar-refractivity contribution in [3.05, 3.63) is 90.8 Å². The Kier molecular flexibility index (Phi) is 14.6. The predicted molar refractivity (Wildman–Crippen MR) is 209 cm³/mol. The monoisotopic (exact) mass is 790 g/mol. The van der Waals surface area contributed by atoms with Crippen LogP contribution in [0.1, 0.15) is 51.9 Å². The van der Waals surface area contributed by atoms with Gasteiger partial charge in [0.15, 0.2) is 5.58 Å². The van der Waals surface area contributed by atoms with Gasteiger partial charge in [-0.05, 0) is 83.0 Å². The maximum atomic E-state index is 11.5. The second-order valence-electron chi connectivity index (χ2n) is 12.5. The van der Waals surface area contributed by atoms with Gasteiger partial charge in [0.1, 0.15) is 34.7 Å². The molecule has 0 bridgehead atoms. The minimum absolute atomic E-state index is 0. The number of methoxy groups -OCH3 is 1. The number of anilines is 2. The topological polar surface area (TPSA) is 190 Å². The van der Waals surface area contributed by atoms with Crippen LogP contribution in [0.4, 0.5) is 34.7 Å². The zero-order valence-corrected chi connectivity index (χ0v) is 32.6. The summed E-state index contributed by atoms with van der Waals surface area (Å²) in [6, 6.07) is 24.9. The van der Waals surface area contributed by atoms with E-state index in [4.69, 9.17) is 9.15 Å². The van der Waals surface area contributed by atoms with Gasteiger partial charge in [-0.2, -0.15) is 15.1 Å². The van der Waals surface area contributed by atoms with Crippen LogP contribution in [-0.2, 0) is 16.5 Å². The Bertz CT molecular complexity index is 2210.